The van der Waals surface area contributed by atoms with Crippen molar-refractivity contribution >= 4 is 33.1 Å². The number of nitrogens with two attached hydrogens (primary N) is 1. The standard InChI is InChI=1S/C17H19BrF3N3S/c18-12-6-11(9-23-10-12)16(15(22)25)7-13-2-3-14(8-16)24(13)5-1-4-17(19,20)21/h2-3,6,9-10,13-14H,1,4-5,7-8H2,(H2,22,25)/t13-,14+,16?. The van der Waals surface area contributed by atoms with E-state index in [0.29, 0.717) is 24.4 Å². The van der Waals surface area contributed by atoms with Crippen LogP contribution in [0.25, 0.3) is 0 Å². The molecule has 1 aromatic heterocycles. The van der Waals surface area contributed by atoms with E-state index in [2.05, 4.69) is 38.0 Å². The van der Waals surface area contributed by atoms with Crippen LogP contribution < -0.4 is 5.73 Å². The van der Waals surface area contributed by atoms with Crippen LogP contribution in [-0.2, 0) is 5.41 Å². The van der Waals surface area contributed by atoms with Gasteiger partial charge in [0.1, 0.15) is 0 Å². The predicted octanol–water partition coefficient (Wildman–Crippen LogP) is 4.11. The summed E-state index contributed by atoms with van der Waals surface area (Å²) >= 11 is 8.83. The largest absolute Gasteiger partial charge is 0.393 e. The van der Waals surface area contributed by atoms with Gasteiger partial charge in [0.15, 0.2) is 0 Å². The number of thiocarbonyl (C=S) groups is 1. The molecule has 136 valence electrons. The zero-order valence-electron chi connectivity index (χ0n) is 13.5. The fraction of sp³-hybridized carbons (Fsp3) is 0.529. The molecule has 1 fully saturated rings. The first-order valence-corrected chi connectivity index (χ1v) is 9.33. The van der Waals surface area contributed by atoms with E-state index in [1.807, 2.05) is 6.07 Å². The molecule has 8 heteroatoms. The molecule has 0 saturated carbocycles. The number of hydrogen-bond donors (Lipinski definition) is 1. The van der Waals surface area contributed by atoms with E-state index in [0.717, 1.165) is 10.0 Å². The molecular formula is C17H19BrF3N3S. The van der Waals surface area contributed by atoms with Gasteiger partial charge >= 0.3 is 6.18 Å². The monoisotopic (exact) mass is 433 g/mol. The smallest absolute Gasteiger partial charge is 0.389 e. The van der Waals surface area contributed by atoms with Gasteiger partial charge in [-0.3, -0.25) is 9.88 Å². The Bertz CT molecular complexity index is 676. The molecule has 1 unspecified atom stereocenters. The van der Waals surface area contributed by atoms with Crippen molar-refractivity contribution in [3.8, 4) is 0 Å². The van der Waals surface area contributed by atoms with Gasteiger partial charge < -0.3 is 5.73 Å². The fourth-order valence-corrected chi connectivity index (χ4v) is 4.59. The number of nitrogens with zero attached hydrogens (tertiary/aromatic N) is 2. The van der Waals surface area contributed by atoms with E-state index < -0.39 is 18.0 Å². The summed E-state index contributed by atoms with van der Waals surface area (Å²) in [5.74, 6) is 0. The van der Waals surface area contributed by atoms with Gasteiger partial charge in [0.2, 0.25) is 0 Å². The third-order valence-corrected chi connectivity index (χ3v) is 5.95. The van der Waals surface area contributed by atoms with Crippen molar-refractivity contribution in [2.75, 3.05) is 6.54 Å². The number of piperidine rings is 1. The summed E-state index contributed by atoms with van der Waals surface area (Å²) in [6, 6.07) is 2.07. The lowest BCUT2D eigenvalue weighted by molar-refractivity contribution is -0.136. The zero-order chi connectivity index (χ0) is 18.2. The van der Waals surface area contributed by atoms with Gasteiger partial charge in [-0.25, -0.2) is 0 Å². The Kier molecular flexibility index (Phi) is 5.23. The SMILES string of the molecule is NC(=S)C1(c2cncc(Br)c2)C[C@H]2C=C[C@@H](C1)N2CCCC(F)(F)F. The summed E-state index contributed by atoms with van der Waals surface area (Å²) in [4.78, 5) is 6.78. The number of alkyl halides is 3. The van der Waals surface area contributed by atoms with Crippen LogP contribution in [-0.4, -0.2) is 39.7 Å². The Balaban J connectivity index is 1.78. The second kappa shape index (κ2) is 6.96. The van der Waals surface area contributed by atoms with Gasteiger partial charge in [-0.2, -0.15) is 13.2 Å². The van der Waals surface area contributed by atoms with E-state index in [1.165, 1.54) is 0 Å². The number of aromatic nitrogens is 1. The molecule has 3 atom stereocenters. The number of fused-ring (bicyclic) bond motifs is 2. The maximum Gasteiger partial charge on any atom is 0.389 e. The Morgan fingerprint density at radius 3 is 2.48 bits per heavy atom. The number of rotatable bonds is 5. The Hall–Kier alpha value is -0.990. The third kappa shape index (κ3) is 3.90. The minimum atomic E-state index is -4.10. The summed E-state index contributed by atoms with van der Waals surface area (Å²) in [5.41, 5.74) is 6.61. The molecule has 0 amide bonds. The van der Waals surface area contributed by atoms with Crippen LogP contribution in [0.2, 0.25) is 0 Å². The highest BCUT2D eigenvalue weighted by Crippen LogP contribution is 2.45. The second-order valence-electron chi connectivity index (χ2n) is 6.72. The van der Waals surface area contributed by atoms with Gasteiger partial charge in [-0.1, -0.05) is 24.4 Å². The van der Waals surface area contributed by atoms with Crippen LogP contribution in [0.4, 0.5) is 13.2 Å². The first-order chi connectivity index (χ1) is 11.7. The minimum Gasteiger partial charge on any atom is -0.393 e. The molecule has 1 aromatic rings. The van der Waals surface area contributed by atoms with E-state index >= 15 is 0 Å². The fourth-order valence-electron chi connectivity index (χ4n) is 3.94. The lowest BCUT2D eigenvalue weighted by Gasteiger charge is -2.46. The Morgan fingerprint density at radius 2 is 1.96 bits per heavy atom. The second-order valence-corrected chi connectivity index (χ2v) is 8.08. The molecule has 3 nitrogen and oxygen atoms in total. The summed E-state index contributed by atoms with van der Waals surface area (Å²) < 4.78 is 38.1. The molecule has 3 rings (SSSR count). The first-order valence-electron chi connectivity index (χ1n) is 8.13. The molecule has 0 aliphatic carbocycles. The molecule has 2 aliphatic rings. The average molecular weight is 434 g/mol. The minimum absolute atomic E-state index is 0.0486. The van der Waals surface area contributed by atoms with Crippen molar-refractivity contribution in [3.05, 3.63) is 40.6 Å². The van der Waals surface area contributed by atoms with Crippen molar-refractivity contribution in [2.45, 2.75) is 49.4 Å². The van der Waals surface area contributed by atoms with Crippen LogP contribution >= 0.6 is 28.1 Å². The number of pyridine rings is 1. The molecule has 2 aliphatic heterocycles. The van der Waals surface area contributed by atoms with Crippen molar-refractivity contribution < 1.29 is 13.2 Å². The predicted molar refractivity (Wildman–Crippen MR) is 98.3 cm³/mol. The lowest BCUT2D eigenvalue weighted by atomic mass is 9.70. The van der Waals surface area contributed by atoms with Crippen molar-refractivity contribution in [2.24, 2.45) is 5.73 Å². The summed E-state index contributed by atoms with van der Waals surface area (Å²) in [5, 5.41) is 0. The number of halogens is 4. The van der Waals surface area contributed by atoms with Gasteiger partial charge in [-0.15, -0.1) is 0 Å². The highest BCUT2D eigenvalue weighted by Gasteiger charge is 2.48. The average Bonchev–Trinajstić information content (AvgIpc) is 2.76. The van der Waals surface area contributed by atoms with Crippen LogP contribution in [0.15, 0.2) is 35.1 Å². The van der Waals surface area contributed by atoms with Crippen LogP contribution in [0.1, 0.15) is 31.2 Å². The number of hydrogen-bond acceptors (Lipinski definition) is 3. The zero-order valence-corrected chi connectivity index (χ0v) is 15.9. The summed E-state index contributed by atoms with van der Waals surface area (Å²) in [6.07, 6.45) is 4.22. The van der Waals surface area contributed by atoms with Gasteiger partial charge in [-0.05, 0) is 53.4 Å². The lowest BCUT2D eigenvalue weighted by Crippen LogP contribution is -2.55. The van der Waals surface area contributed by atoms with Crippen molar-refractivity contribution in [3.63, 3.8) is 0 Å². The summed E-state index contributed by atoms with van der Waals surface area (Å²) in [6.45, 7) is 0.423. The summed E-state index contributed by atoms with van der Waals surface area (Å²) in [7, 11) is 0. The molecule has 25 heavy (non-hydrogen) atoms. The van der Waals surface area contributed by atoms with Crippen molar-refractivity contribution in [1.29, 1.82) is 0 Å². The quantitative estimate of drug-likeness (QED) is 0.560. The molecule has 0 radical (unpaired) electrons. The molecule has 0 spiro atoms. The van der Waals surface area contributed by atoms with E-state index in [-0.39, 0.29) is 18.5 Å². The Morgan fingerprint density at radius 1 is 1.32 bits per heavy atom. The van der Waals surface area contributed by atoms with E-state index in [4.69, 9.17) is 18.0 Å². The molecule has 1 saturated heterocycles. The van der Waals surface area contributed by atoms with E-state index in [1.54, 1.807) is 12.4 Å². The molecule has 2 bridgehead atoms. The first kappa shape index (κ1) is 18.8. The Labute approximate surface area is 158 Å². The molecular weight excluding hydrogens is 415 g/mol. The van der Waals surface area contributed by atoms with Gasteiger partial charge in [0.05, 0.1) is 10.4 Å². The van der Waals surface area contributed by atoms with Gasteiger partial charge in [0.25, 0.3) is 0 Å². The van der Waals surface area contributed by atoms with Crippen LogP contribution in [0, 0.1) is 0 Å². The van der Waals surface area contributed by atoms with E-state index in [9.17, 15) is 13.2 Å². The van der Waals surface area contributed by atoms with Crippen molar-refractivity contribution in [1.82, 2.24) is 9.88 Å². The van der Waals surface area contributed by atoms with Crippen LogP contribution in [0.3, 0.4) is 0 Å². The molecule has 2 N–H and O–H groups in total. The molecule has 3 heterocycles. The highest BCUT2D eigenvalue weighted by molar-refractivity contribution is 9.10. The highest BCUT2D eigenvalue weighted by atomic mass is 79.9. The normalized spacial score (nSPS) is 29.1. The topological polar surface area (TPSA) is 42.1 Å². The third-order valence-electron chi connectivity index (χ3n) is 5.13. The van der Waals surface area contributed by atoms with Crippen LogP contribution in [0.5, 0.6) is 0 Å². The maximum absolute atomic E-state index is 12.4. The maximum atomic E-state index is 12.4. The van der Waals surface area contributed by atoms with Gasteiger partial charge in [0, 0.05) is 35.4 Å². The molecule has 0 aromatic carbocycles.